The molecule has 0 N–H and O–H groups in total. The lowest BCUT2D eigenvalue weighted by molar-refractivity contribution is 0.103. The Balaban J connectivity index is 1.25. The predicted octanol–water partition coefficient (Wildman–Crippen LogP) is 19.0. The molecule has 10 aromatic carbocycles. The first-order valence-corrected chi connectivity index (χ1v) is 25.0. The topological polar surface area (TPSA) is 30.0 Å². The fourth-order valence-electron chi connectivity index (χ4n) is 9.36. The highest BCUT2D eigenvalue weighted by Gasteiger charge is 2.25. The van der Waals surface area contributed by atoms with Crippen molar-refractivity contribution in [3.05, 3.63) is 287 Å². The summed E-state index contributed by atoms with van der Waals surface area (Å²) < 4.78 is 0. The number of rotatable bonds is 14. The molecule has 0 saturated heterocycles. The number of hydrogen-bond donors (Lipinski definition) is 0. The Bertz CT molecular complexity index is 3250. The zero-order chi connectivity index (χ0) is 50.6. The highest BCUT2D eigenvalue weighted by Crippen LogP contribution is 2.45. The van der Waals surface area contributed by atoms with Gasteiger partial charge in [-0.15, -0.1) is 0 Å². The summed E-state index contributed by atoms with van der Waals surface area (Å²) in [6.07, 6.45) is 0. The minimum atomic E-state index is -0.114. The van der Waals surface area contributed by atoms with Crippen molar-refractivity contribution in [3.63, 3.8) is 0 Å². The van der Waals surface area contributed by atoms with Gasteiger partial charge in [-0.1, -0.05) is 142 Å². The SMILES string of the molecule is Cc1ccc(N(c2ccccc2)c2cc(C(=O)c3cc(N(c4ccc(C)cc4)c4ccc(C)cc4)cc(N(c4ccc(C)cc4)c4ccc(C)cc4)c3)cc(N(c3ccc(C)cc3)c3ccc(C)cc3)c2)cc1. The van der Waals surface area contributed by atoms with Crippen molar-refractivity contribution in [1.29, 1.82) is 0 Å². The van der Waals surface area contributed by atoms with Gasteiger partial charge in [-0.2, -0.15) is 0 Å². The first-order valence-electron chi connectivity index (χ1n) is 25.0. The molecule has 73 heavy (non-hydrogen) atoms. The van der Waals surface area contributed by atoms with Crippen LogP contribution in [0.1, 0.15) is 54.9 Å². The van der Waals surface area contributed by atoms with Crippen molar-refractivity contribution in [2.75, 3.05) is 19.6 Å². The van der Waals surface area contributed by atoms with Crippen LogP contribution in [0.5, 0.6) is 0 Å². The molecule has 0 spiro atoms. The average molecular weight is 949 g/mol. The van der Waals surface area contributed by atoms with Crippen LogP contribution >= 0.6 is 0 Å². The van der Waals surface area contributed by atoms with E-state index in [-0.39, 0.29) is 5.78 Å². The van der Waals surface area contributed by atoms with Crippen molar-refractivity contribution >= 4 is 74.0 Å². The third-order valence-corrected chi connectivity index (χ3v) is 13.4. The van der Waals surface area contributed by atoms with Gasteiger partial charge in [0.2, 0.25) is 0 Å². The van der Waals surface area contributed by atoms with Crippen molar-refractivity contribution in [1.82, 2.24) is 0 Å². The molecular weight excluding hydrogens is 889 g/mol. The highest BCUT2D eigenvalue weighted by atomic mass is 16.1. The van der Waals surface area contributed by atoms with Crippen molar-refractivity contribution in [2.45, 2.75) is 48.5 Å². The van der Waals surface area contributed by atoms with Crippen LogP contribution in [0, 0.1) is 48.5 Å². The maximum absolute atomic E-state index is 16.3. The lowest BCUT2D eigenvalue weighted by Gasteiger charge is -2.31. The molecule has 0 fully saturated rings. The molecule has 0 radical (unpaired) electrons. The van der Waals surface area contributed by atoms with E-state index in [9.17, 15) is 0 Å². The minimum Gasteiger partial charge on any atom is -0.310 e. The van der Waals surface area contributed by atoms with E-state index in [0.717, 1.165) is 84.9 Å². The van der Waals surface area contributed by atoms with Crippen molar-refractivity contribution in [2.24, 2.45) is 0 Å². The van der Waals surface area contributed by atoms with Gasteiger partial charge in [0.05, 0.1) is 0 Å². The number of ketones is 1. The molecule has 0 aliphatic carbocycles. The molecule has 0 saturated carbocycles. The van der Waals surface area contributed by atoms with Crippen molar-refractivity contribution < 1.29 is 4.79 Å². The van der Waals surface area contributed by atoms with E-state index < -0.39 is 0 Å². The summed E-state index contributed by atoms with van der Waals surface area (Å²) in [5, 5.41) is 0. The van der Waals surface area contributed by atoms with E-state index in [4.69, 9.17) is 0 Å². The third kappa shape index (κ3) is 10.6. The lowest BCUT2D eigenvalue weighted by Crippen LogP contribution is -2.17. The summed E-state index contributed by atoms with van der Waals surface area (Å²) >= 11 is 0. The van der Waals surface area contributed by atoms with Gasteiger partial charge < -0.3 is 19.6 Å². The second kappa shape index (κ2) is 20.8. The Morgan fingerprint density at radius 3 is 0.589 bits per heavy atom. The predicted molar refractivity (Wildman–Crippen MR) is 308 cm³/mol. The van der Waals surface area contributed by atoms with Crippen LogP contribution in [0.15, 0.2) is 237 Å². The number of anilines is 12. The first-order chi connectivity index (χ1) is 35.4. The highest BCUT2D eigenvalue weighted by molar-refractivity contribution is 6.12. The molecule has 5 heteroatoms. The minimum absolute atomic E-state index is 0.114. The molecule has 0 aliphatic rings. The largest absolute Gasteiger partial charge is 0.310 e. The van der Waals surface area contributed by atoms with Crippen LogP contribution in [0.4, 0.5) is 68.2 Å². The molecule has 10 rings (SSSR count). The van der Waals surface area contributed by atoms with Gasteiger partial charge in [0, 0.05) is 79.4 Å². The fourth-order valence-corrected chi connectivity index (χ4v) is 9.36. The Morgan fingerprint density at radius 1 is 0.219 bits per heavy atom. The molecule has 0 unspecified atom stereocenters. The summed E-state index contributed by atoms with van der Waals surface area (Å²) in [6.45, 7) is 14.8. The number of para-hydroxylation sites is 1. The van der Waals surface area contributed by atoms with Crippen LogP contribution in [-0.2, 0) is 0 Å². The summed E-state index contributed by atoms with van der Waals surface area (Å²) in [7, 11) is 0. The number of benzene rings is 10. The number of hydrogen-bond acceptors (Lipinski definition) is 5. The molecule has 0 bridgehead atoms. The van der Waals surface area contributed by atoms with Crippen LogP contribution in [0.3, 0.4) is 0 Å². The zero-order valence-corrected chi connectivity index (χ0v) is 42.7. The number of aryl methyl sites for hydroxylation is 7. The molecular formula is C68H60N4O. The normalized spacial score (nSPS) is 11.0. The van der Waals surface area contributed by atoms with E-state index >= 15 is 4.79 Å². The monoisotopic (exact) mass is 948 g/mol. The Labute approximate surface area is 431 Å². The van der Waals surface area contributed by atoms with Gasteiger partial charge in [-0.3, -0.25) is 4.79 Å². The molecule has 0 amide bonds. The smallest absolute Gasteiger partial charge is 0.193 e. The standard InChI is InChI=1S/C68H60N4O/c1-47-13-27-57(28-14-47)69(56-11-9-8-10-12-56)64-41-54(42-65(45-64)70(58-29-15-48(2)16-30-58)59-31-17-49(3)18-32-59)68(73)55-43-66(71(60-33-19-50(4)20-34-60)61-35-21-51(5)22-36-61)46-67(44-55)72(62-37-23-52(6)24-38-62)63-39-25-53(7)26-40-63/h8-46H,1-7H3. The maximum atomic E-state index is 16.3. The first kappa shape index (κ1) is 47.7. The molecule has 0 heterocycles. The van der Waals surface area contributed by atoms with Crippen LogP contribution in [-0.4, -0.2) is 5.78 Å². The van der Waals surface area contributed by atoms with Crippen molar-refractivity contribution in [3.8, 4) is 0 Å². The average Bonchev–Trinajstić information content (AvgIpc) is 3.40. The molecule has 0 aromatic heterocycles. The Kier molecular flexibility index (Phi) is 13.6. The second-order valence-electron chi connectivity index (χ2n) is 19.3. The number of nitrogens with zero attached hydrogens (tertiary/aromatic N) is 4. The molecule has 0 atom stereocenters. The van der Waals surface area contributed by atoms with Gasteiger partial charge in [0.25, 0.3) is 0 Å². The molecule has 358 valence electrons. The fraction of sp³-hybridized carbons (Fsp3) is 0.103. The Hall–Kier alpha value is -8.93. The summed E-state index contributed by atoms with van der Waals surface area (Å²) in [4.78, 5) is 25.3. The number of carbonyl (C=O) groups is 1. The van der Waals surface area contributed by atoms with Crippen LogP contribution in [0.25, 0.3) is 0 Å². The quantitative estimate of drug-likeness (QED) is 0.101. The lowest BCUT2D eigenvalue weighted by atomic mass is 9.98. The summed E-state index contributed by atoms with van der Waals surface area (Å²) in [5.74, 6) is -0.114. The molecule has 0 aliphatic heterocycles. The molecule has 5 nitrogen and oxygen atoms in total. The van der Waals surface area contributed by atoms with Gasteiger partial charge in [-0.05, 0) is 182 Å². The van der Waals surface area contributed by atoms with Crippen LogP contribution in [0.2, 0.25) is 0 Å². The second-order valence-corrected chi connectivity index (χ2v) is 19.3. The summed E-state index contributed by atoms with van der Waals surface area (Å²) in [6, 6.07) is 83.3. The summed E-state index contributed by atoms with van der Waals surface area (Å²) in [5.41, 5.74) is 20.5. The Morgan fingerprint density at radius 2 is 0.397 bits per heavy atom. The van der Waals surface area contributed by atoms with E-state index in [2.05, 4.69) is 299 Å². The zero-order valence-electron chi connectivity index (χ0n) is 42.7. The van der Waals surface area contributed by atoms with Gasteiger partial charge >= 0.3 is 0 Å². The van der Waals surface area contributed by atoms with E-state index in [1.807, 2.05) is 6.07 Å². The molecule has 10 aromatic rings. The van der Waals surface area contributed by atoms with E-state index in [1.54, 1.807) is 0 Å². The van der Waals surface area contributed by atoms with E-state index in [0.29, 0.717) is 11.1 Å². The van der Waals surface area contributed by atoms with E-state index in [1.165, 1.54) is 22.3 Å². The number of carbonyl (C=O) groups excluding carboxylic acids is 1. The maximum Gasteiger partial charge on any atom is 0.193 e. The third-order valence-electron chi connectivity index (χ3n) is 13.4. The van der Waals surface area contributed by atoms with Gasteiger partial charge in [-0.25, -0.2) is 0 Å². The van der Waals surface area contributed by atoms with Gasteiger partial charge in [0.1, 0.15) is 0 Å². The van der Waals surface area contributed by atoms with Crippen LogP contribution < -0.4 is 19.6 Å². The van der Waals surface area contributed by atoms with Gasteiger partial charge in [0.15, 0.2) is 5.78 Å².